The van der Waals surface area contributed by atoms with Crippen molar-refractivity contribution in [2.45, 2.75) is 13.0 Å². The van der Waals surface area contributed by atoms with Gasteiger partial charge in [-0.15, -0.1) is 0 Å². The molecule has 0 spiro atoms. The largest absolute Gasteiger partial charge is 0.459 e. The van der Waals surface area contributed by atoms with E-state index >= 15 is 0 Å². The van der Waals surface area contributed by atoms with Crippen LogP contribution in [0, 0.1) is 12.8 Å². The summed E-state index contributed by atoms with van der Waals surface area (Å²) in [6.45, 7) is 2.97. The number of aliphatic hydroxyl groups excluding tert-OH is 1. The maximum absolute atomic E-state index is 12.3. The minimum Gasteiger partial charge on any atom is -0.459 e. The Morgan fingerprint density at radius 1 is 1.45 bits per heavy atom. The molecule has 0 bridgehead atoms. The number of carbonyl (C=O) groups is 1. The van der Waals surface area contributed by atoms with Crippen LogP contribution >= 0.6 is 0 Å². The van der Waals surface area contributed by atoms with Gasteiger partial charge in [-0.25, -0.2) is 9.97 Å². The van der Waals surface area contributed by atoms with Gasteiger partial charge in [0.25, 0.3) is 5.91 Å². The number of aliphatic hydroxyl groups is 1. The predicted molar refractivity (Wildman–Crippen MR) is 79.5 cm³/mol. The number of nitrogens with zero attached hydrogens (tertiary/aromatic N) is 3. The average Bonchev–Trinajstić information content (AvgIpc) is 3.14. The van der Waals surface area contributed by atoms with Crippen LogP contribution in [0.4, 0.5) is 5.95 Å². The fraction of sp³-hybridized carbons (Fsp3) is 0.400. The van der Waals surface area contributed by atoms with Gasteiger partial charge in [0.05, 0.1) is 12.3 Å². The van der Waals surface area contributed by atoms with Crippen molar-refractivity contribution in [3.63, 3.8) is 0 Å². The van der Waals surface area contributed by atoms with Crippen molar-refractivity contribution >= 4 is 11.9 Å². The summed E-state index contributed by atoms with van der Waals surface area (Å²) in [5, 5.41) is 12.5. The van der Waals surface area contributed by atoms with Crippen molar-refractivity contribution in [2.24, 2.45) is 5.92 Å². The molecule has 2 N–H and O–H groups in total. The van der Waals surface area contributed by atoms with Gasteiger partial charge >= 0.3 is 0 Å². The molecule has 1 fully saturated rings. The lowest BCUT2D eigenvalue weighted by atomic mass is 10.1. The summed E-state index contributed by atoms with van der Waals surface area (Å²) in [5.74, 6) is 0.586. The van der Waals surface area contributed by atoms with E-state index in [0.717, 1.165) is 5.56 Å². The van der Waals surface area contributed by atoms with E-state index in [1.807, 2.05) is 11.8 Å². The Bertz CT molecular complexity index is 643. The molecule has 2 aromatic heterocycles. The van der Waals surface area contributed by atoms with Crippen LogP contribution in [-0.4, -0.2) is 46.7 Å². The minimum absolute atomic E-state index is 0.00851. The third-order valence-electron chi connectivity index (χ3n) is 3.90. The molecule has 3 rings (SSSR count). The lowest BCUT2D eigenvalue weighted by molar-refractivity contribution is 0.0892. The normalized spacial score (nSPS) is 21.1. The fourth-order valence-electron chi connectivity index (χ4n) is 2.68. The molecule has 2 atom stereocenters. The number of hydrogen-bond donors (Lipinski definition) is 2. The van der Waals surface area contributed by atoms with E-state index in [9.17, 15) is 9.90 Å². The van der Waals surface area contributed by atoms with Gasteiger partial charge in [-0.05, 0) is 19.1 Å². The number of nitrogens with one attached hydrogen (secondary N) is 1. The molecule has 0 saturated carbocycles. The summed E-state index contributed by atoms with van der Waals surface area (Å²) < 4.78 is 5.20. The Labute approximate surface area is 128 Å². The zero-order valence-electron chi connectivity index (χ0n) is 12.3. The number of furan rings is 1. The maximum Gasteiger partial charge on any atom is 0.287 e. The maximum atomic E-state index is 12.3. The van der Waals surface area contributed by atoms with E-state index < -0.39 is 0 Å². The van der Waals surface area contributed by atoms with E-state index in [-0.39, 0.29) is 24.5 Å². The first-order valence-electron chi connectivity index (χ1n) is 7.17. The summed E-state index contributed by atoms with van der Waals surface area (Å²) >= 11 is 0. The molecule has 1 amide bonds. The van der Waals surface area contributed by atoms with E-state index in [4.69, 9.17) is 4.42 Å². The van der Waals surface area contributed by atoms with Gasteiger partial charge in [-0.3, -0.25) is 4.79 Å². The molecule has 0 aromatic carbocycles. The summed E-state index contributed by atoms with van der Waals surface area (Å²) in [5.41, 5.74) is 0.791. The number of amides is 1. The highest BCUT2D eigenvalue weighted by molar-refractivity contribution is 5.93. The number of carbonyl (C=O) groups excluding carboxylic acids is 1. The van der Waals surface area contributed by atoms with Crippen LogP contribution in [0.2, 0.25) is 0 Å². The fourth-order valence-corrected chi connectivity index (χ4v) is 2.68. The van der Waals surface area contributed by atoms with E-state index in [1.165, 1.54) is 6.26 Å². The average molecular weight is 302 g/mol. The standard InChI is InChI=1S/C15H18N4O3/c1-10-3-6-22-13(10)14(21)18-12-8-19(7-11(12)9-20)15-16-4-2-5-17-15/h2-6,11-12,20H,7-9H2,1H3,(H,18,21)/t11-,12+/m0/s1. The quantitative estimate of drug-likeness (QED) is 0.859. The molecule has 0 unspecified atom stereocenters. The molecule has 2 aromatic rings. The summed E-state index contributed by atoms with van der Waals surface area (Å²) in [4.78, 5) is 22.6. The number of anilines is 1. The van der Waals surface area contributed by atoms with E-state index in [0.29, 0.717) is 24.8 Å². The molecule has 1 aliphatic rings. The smallest absolute Gasteiger partial charge is 0.287 e. The Morgan fingerprint density at radius 3 is 2.86 bits per heavy atom. The molecule has 1 saturated heterocycles. The zero-order chi connectivity index (χ0) is 15.5. The van der Waals surface area contributed by atoms with Crippen molar-refractivity contribution in [3.8, 4) is 0 Å². The van der Waals surface area contributed by atoms with Gasteiger partial charge in [0.1, 0.15) is 0 Å². The van der Waals surface area contributed by atoms with Gasteiger partial charge < -0.3 is 19.7 Å². The number of hydrogen-bond acceptors (Lipinski definition) is 6. The first-order chi connectivity index (χ1) is 10.7. The van der Waals surface area contributed by atoms with Crippen LogP contribution in [-0.2, 0) is 0 Å². The van der Waals surface area contributed by atoms with Gasteiger partial charge in [0.2, 0.25) is 5.95 Å². The van der Waals surface area contributed by atoms with Crippen LogP contribution in [0.3, 0.4) is 0 Å². The first-order valence-corrected chi connectivity index (χ1v) is 7.17. The van der Waals surface area contributed by atoms with Crippen LogP contribution in [0.1, 0.15) is 16.1 Å². The summed E-state index contributed by atoms with van der Waals surface area (Å²) in [6, 6.07) is 3.32. The van der Waals surface area contributed by atoms with Crippen LogP contribution in [0.15, 0.2) is 35.2 Å². The van der Waals surface area contributed by atoms with Gasteiger partial charge in [-0.1, -0.05) is 0 Å². The van der Waals surface area contributed by atoms with Crippen LogP contribution < -0.4 is 10.2 Å². The molecule has 1 aliphatic heterocycles. The van der Waals surface area contributed by atoms with Crippen molar-refractivity contribution < 1.29 is 14.3 Å². The topological polar surface area (TPSA) is 91.5 Å². The van der Waals surface area contributed by atoms with E-state index in [2.05, 4.69) is 15.3 Å². The lowest BCUT2D eigenvalue weighted by Gasteiger charge is -2.17. The molecular weight excluding hydrogens is 284 g/mol. The molecule has 3 heterocycles. The van der Waals surface area contributed by atoms with E-state index in [1.54, 1.807) is 24.5 Å². The molecule has 7 nitrogen and oxygen atoms in total. The second-order valence-corrected chi connectivity index (χ2v) is 5.41. The monoisotopic (exact) mass is 302 g/mol. The highest BCUT2D eigenvalue weighted by Gasteiger charge is 2.35. The Morgan fingerprint density at radius 2 is 2.23 bits per heavy atom. The van der Waals surface area contributed by atoms with Gasteiger partial charge in [0, 0.05) is 43.6 Å². The predicted octanol–water partition coefficient (Wildman–Crippen LogP) is 0.605. The first kappa shape index (κ1) is 14.5. The number of rotatable bonds is 4. The number of aryl methyl sites for hydroxylation is 1. The Kier molecular flexibility index (Phi) is 4.06. The molecule has 0 radical (unpaired) electrons. The SMILES string of the molecule is Cc1ccoc1C(=O)N[C@@H]1CN(c2ncccn2)C[C@H]1CO. The third kappa shape index (κ3) is 2.80. The van der Waals surface area contributed by atoms with Crippen LogP contribution in [0.25, 0.3) is 0 Å². The van der Waals surface area contributed by atoms with Crippen molar-refractivity contribution in [2.75, 3.05) is 24.6 Å². The number of aromatic nitrogens is 2. The van der Waals surface area contributed by atoms with Crippen molar-refractivity contribution in [1.29, 1.82) is 0 Å². The summed E-state index contributed by atoms with van der Waals surface area (Å²) in [6.07, 6.45) is 4.84. The molecule has 22 heavy (non-hydrogen) atoms. The third-order valence-corrected chi connectivity index (χ3v) is 3.90. The summed E-state index contributed by atoms with van der Waals surface area (Å²) in [7, 11) is 0. The zero-order valence-corrected chi connectivity index (χ0v) is 12.3. The highest BCUT2D eigenvalue weighted by Crippen LogP contribution is 2.21. The van der Waals surface area contributed by atoms with Crippen molar-refractivity contribution in [3.05, 3.63) is 42.1 Å². The molecule has 7 heteroatoms. The second kappa shape index (κ2) is 6.15. The molecule has 0 aliphatic carbocycles. The van der Waals surface area contributed by atoms with Crippen molar-refractivity contribution in [1.82, 2.24) is 15.3 Å². The lowest BCUT2D eigenvalue weighted by Crippen LogP contribution is -2.41. The molecule has 116 valence electrons. The molecular formula is C15H18N4O3. The Balaban J connectivity index is 1.71. The van der Waals surface area contributed by atoms with Crippen LogP contribution in [0.5, 0.6) is 0 Å². The van der Waals surface area contributed by atoms with Gasteiger partial charge in [-0.2, -0.15) is 0 Å². The second-order valence-electron chi connectivity index (χ2n) is 5.41. The van der Waals surface area contributed by atoms with Gasteiger partial charge in [0.15, 0.2) is 5.76 Å². The highest BCUT2D eigenvalue weighted by atomic mass is 16.3. The minimum atomic E-state index is -0.262. The Hall–Kier alpha value is -2.41.